The Morgan fingerprint density at radius 2 is 1.45 bits per heavy atom. The number of hydrogen-bond donors (Lipinski definition) is 10. The summed E-state index contributed by atoms with van der Waals surface area (Å²) in [4.78, 5) is 63.9. The van der Waals surface area contributed by atoms with Crippen molar-refractivity contribution in [1.29, 1.82) is 0 Å². The fourth-order valence-electron chi connectivity index (χ4n) is 10.2. The first-order valence-electron chi connectivity index (χ1n) is 26.0. The molecule has 2 unspecified atom stereocenters. The van der Waals surface area contributed by atoms with Gasteiger partial charge < -0.3 is 50.1 Å². The van der Waals surface area contributed by atoms with E-state index in [0.717, 1.165) is 72.4 Å². The van der Waals surface area contributed by atoms with E-state index in [1.807, 2.05) is 65.0 Å². The van der Waals surface area contributed by atoms with Crippen LogP contribution >= 0.6 is 23.5 Å². The first-order chi connectivity index (χ1) is 38.3. The number of phosphoric acid groups is 3. The van der Waals surface area contributed by atoms with Crippen molar-refractivity contribution in [2.24, 2.45) is 0 Å². The lowest BCUT2D eigenvalue weighted by molar-refractivity contribution is -0.438. The second kappa shape index (κ2) is 25.7. The third-order valence-electron chi connectivity index (χ3n) is 14.2. The maximum Gasteiger partial charge on any atom is 0.490 e. The molecule has 1 amide bonds. The summed E-state index contributed by atoms with van der Waals surface area (Å²) in [5.41, 5.74) is 4.26. The highest BCUT2D eigenvalue weighted by atomic mass is 32.2. The smallest absolute Gasteiger partial charge is 0.387 e. The summed E-state index contributed by atoms with van der Waals surface area (Å²) in [6.07, 6.45) is 11.4. The number of phosphoric ester groups is 1. The maximum absolute atomic E-state index is 12.8. The molecule has 1 saturated heterocycles. The molecule has 82 heavy (non-hydrogen) atoms. The number of nitrogens with one attached hydrogen (secondary N) is 2. The van der Waals surface area contributed by atoms with Crippen molar-refractivity contribution in [2.75, 3.05) is 43.0 Å². The SMILES string of the molecule is CCN1/C(=C/C=C/C=C/C2=[N+](CCCCCC(=O)NCCCCCCNc3ncnc4c3ncn4[C@@H]3O[C@H](COP(=O)(O)OP(=O)(O)OP(=O)(O)O)[C@@H](O)[C@H]3O)c3ccc(S(=O)(=O)O)cc3C2(C)C)C(C)(C)c2cc(S(=O)(=O)O)ccc21. The van der Waals surface area contributed by atoms with Crippen molar-refractivity contribution in [3.05, 3.63) is 96.3 Å². The summed E-state index contributed by atoms with van der Waals surface area (Å²) in [6.45, 7) is 11.2. The van der Waals surface area contributed by atoms with Crippen molar-refractivity contribution in [3.63, 3.8) is 0 Å². The highest BCUT2D eigenvalue weighted by Gasteiger charge is 2.48. The molecule has 28 nitrogen and oxygen atoms in total. The van der Waals surface area contributed by atoms with Crippen LogP contribution in [-0.4, -0.2) is 143 Å². The molecule has 7 rings (SSSR count). The number of aromatic nitrogens is 4. The van der Waals surface area contributed by atoms with Crippen LogP contribution in [0, 0.1) is 0 Å². The summed E-state index contributed by atoms with van der Waals surface area (Å²) in [7, 11) is -25.8. The van der Waals surface area contributed by atoms with Gasteiger partial charge in [0.05, 0.1) is 28.1 Å². The van der Waals surface area contributed by atoms with Gasteiger partial charge in [-0.25, -0.2) is 28.6 Å². The zero-order valence-electron chi connectivity index (χ0n) is 45.3. The minimum absolute atomic E-state index is 0.0604. The van der Waals surface area contributed by atoms with Gasteiger partial charge in [0, 0.05) is 67.0 Å². The fraction of sp³-hybridized carbons (Fsp3) is 0.490. The lowest BCUT2D eigenvalue weighted by Crippen LogP contribution is -2.33. The van der Waals surface area contributed by atoms with Crippen molar-refractivity contribution >= 4 is 83.7 Å². The number of carbonyl (C=O) groups excluding carboxylic acids is 1. The Balaban J connectivity index is 0.848. The van der Waals surface area contributed by atoms with E-state index in [9.17, 15) is 64.4 Å². The van der Waals surface area contributed by atoms with Crippen LogP contribution in [0.15, 0.2) is 94.9 Å². The van der Waals surface area contributed by atoms with Gasteiger partial charge in [-0.1, -0.05) is 44.9 Å². The van der Waals surface area contributed by atoms with E-state index in [4.69, 9.17) is 14.5 Å². The topological polar surface area (TPSA) is 409 Å². The second-order valence-electron chi connectivity index (χ2n) is 20.6. The van der Waals surface area contributed by atoms with Crippen LogP contribution in [0.2, 0.25) is 0 Å². The van der Waals surface area contributed by atoms with Crippen molar-refractivity contribution in [3.8, 4) is 0 Å². The van der Waals surface area contributed by atoms with Gasteiger partial charge in [0.2, 0.25) is 11.6 Å². The molecule has 0 saturated carbocycles. The Labute approximate surface area is 473 Å². The van der Waals surface area contributed by atoms with Gasteiger partial charge in [0.1, 0.15) is 31.2 Å². The number of amides is 1. The summed E-state index contributed by atoms with van der Waals surface area (Å²) < 4.78 is 124. The quantitative estimate of drug-likeness (QED) is 0.0105. The second-order valence-corrected chi connectivity index (χ2v) is 27.9. The number of allylic oxidation sites excluding steroid dienone is 6. The van der Waals surface area contributed by atoms with Crippen molar-refractivity contribution in [1.82, 2.24) is 24.8 Å². The third-order valence-corrected chi connectivity index (χ3v) is 19.7. The first kappa shape index (κ1) is 64.6. The van der Waals surface area contributed by atoms with Crippen LogP contribution in [0.3, 0.4) is 0 Å². The number of fused-ring (bicyclic) bond motifs is 3. The number of aliphatic hydroxyl groups is 2. The van der Waals surface area contributed by atoms with Gasteiger partial charge >= 0.3 is 23.5 Å². The lowest BCUT2D eigenvalue weighted by Gasteiger charge is -2.25. The van der Waals surface area contributed by atoms with Gasteiger partial charge in [0.25, 0.3) is 20.2 Å². The number of likely N-dealkylation sites (N-methyl/N-ethyl adjacent to an activating group) is 1. The molecule has 6 atom stereocenters. The number of benzene rings is 2. The molecule has 0 spiro atoms. The summed E-state index contributed by atoms with van der Waals surface area (Å²) in [5, 5.41) is 27.5. The summed E-state index contributed by atoms with van der Waals surface area (Å²) >= 11 is 0. The molecule has 10 N–H and O–H groups in total. The van der Waals surface area contributed by atoms with Crippen LogP contribution in [-0.2, 0) is 67.4 Å². The molecule has 3 aliphatic heterocycles. The Morgan fingerprint density at radius 1 is 0.793 bits per heavy atom. The monoisotopic (exact) mass is 1250 g/mol. The maximum atomic E-state index is 12.8. The number of ether oxygens (including phenoxy) is 1. The number of aliphatic hydroxyl groups excluding tert-OH is 2. The van der Waals surface area contributed by atoms with E-state index >= 15 is 0 Å². The molecule has 3 aliphatic rings. The number of nitrogens with zero attached hydrogens (tertiary/aromatic N) is 6. The molecule has 4 aromatic rings. The van der Waals surface area contributed by atoms with E-state index in [-0.39, 0.29) is 26.9 Å². The zero-order valence-corrected chi connectivity index (χ0v) is 49.6. The van der Waals surface area contributed by atoms with Crippen LogP contribution in [0.1, 0.15) is 103 Å². The molecule has 5 heterocycles. The number of carbonyl (C=O) groups is 1. The predicted molar refractivity (Wildman–Crippen MR) is 297 cm³/mol. The molecule has 2 aromatic carbocycles. The summed E-state index contributed by atoms with van der Waals surface area (Å²) in [6, 6.07) is 9.20. The zero-order chi connectivity index (χ0) is 60.2. The number of imidazole rings is 1. The molecule has 1 fully saturated rings. The molecular formula is C49H68N8O20P3S2+. The third kappa shape index (κ3) is 15.5. The number of hydrogen-bond acceptors (Lipinski definition) is 19. The summed E-state index contributed by atoms with van der Waals surface area (Å²) in [5.74, 6) is 0.296. The van der Waals surface area contributed by atoms with Crippen molar-refractivity contribution < 1.29 is 96.7 Å². The standard InChI is InChI=1S/C49H67N8O20P3S2/c1-6-55-36-22-20-32(81(68,69)70)27-34(36)48(2,3)39(55)17-11-9-12-18-40-49(4,5)35-28-33(82(71,72)73)21-23-37(35)56(40)26-16-10-13-19-41(58)50-24-14-7-8-15-25-51-45-42-46(53-30-52-45)57(31-54-42)47-44(60)43(59)38(75-47)29-74-79(64,65)77-80(66,67)76-78(61,62)63/h9,11-12,17-18,20-23,27-28,30-31,38,43-44,47,59-60H,6-8,10,13-16,19,24-26,29H2,1-5H3,(H7-,50,51,52,53,58,61,62,63,64,65,66,67,68,69,70,71,72,73)/p+1/t38-,43-,44-,47-/m1/s1. The van der Waals surface area contributed by atoms with E-state index in [0.29, 0.717) is 44.8 Å². The number of anilines is 2. The molecule has 2 aromatic heterocycles. The number of rotatable bonds is 28. The first-order valence-corrected chi connectivity index (χ1v) is 33.4. The highest BCUT2D eigenvalue weighted by Crippen LogP contribution is 2.66. The van der Waals surface area contributed by atoms with Gasteiger partial charge in [-0.05, 0) is 88.4 Å². The largest absolute Gasteiger partial charge is 0.490 e. The van der Waals surface area contributed by atoms with Crippen LogP contribution < -0.4 is 15.5 Å². The van der Waals surface area contributed by atoms with Gasteiger partial charge in [-0.15, -0.1) is 0 Å². The van der Waals surface area contributed by atoms with Crippen LogP contribution in [0.25, 0.3) is 11.2 Å². The normalized spacial score (nSPS) is 21.9. The Kier molecular flexibility index (Phi) is 20.3. The number of unbranched alkanes of at least 4 members (excludes halogenated alkanes) is 5. The van der Waals surface area contributed by atoms with E-state index in [2.05, 4.69) is 48.2 Å². The van der Waals surface area contributed by atoms with E-state index in [1.54, 1.807) is 12.1 Å². The minimum atomic E-state index is -5.79. The highest BCUT2D eigenvalue weighted by molar-refractivity contribution is 7.86. The lowest BCUT2D eigenvalue weighted by atomic mass is 9.81. The Bertz CT molecular complexity index is 3550. The average Bonchev–Trinajstić information content (AvgIpc) is 4.10. The Hall–Kier alpha value is -4.94. The van der Waals surface area contributed by atoms with E-state index < -0.39 is 85.7 Å². The van der Waals surface area contributed by atoms with Crippen LogP contribution in [0.5, 0.6) is 0 Å². The Morgan fingerprint density at radius 3 is 2.12 bits per heavy atom. The molecule has 450 valence electrons. The molecule has 33 heteroatoms. The molecule has 0 radical (unpaired) electrons. The van der Waals surface area contributed by atoms with Crippen LogP contribution in [0.4, 0.5) is 17.2 Å². The van der Waals surface area contributed by atoms with E-state index in [1.165, 1.54) is 41.5 Å². The van der Waals surface area contributed by atoms with Crippen molar-refractivity contribution in [2.45, 2.75) is 131 Å². The predicted octanol–water partition coefficient (Wildman–Crippen LogP) is 5.82. The fourth-order valence-corrected chi connectivity index (χ4v) is 14.2. The molecule has 0 bridgehead atoms. The van der Waals surface area contributed by atoms with Gasteiger partial charge in [0.15, 0.2) is 28.9 Å². The van der Waals surface area contributed by atoms with Gasteiger partial charge in [-0.2, -0.15) is 30.0 Å². The average molecular weight is 1250 g/mol. The molecule has 0 aliphatic carbocycles. The minimum Gasteiger partial charge on any atom is -0.387 e. The van der Waals surface area contributed by atoms with Gasteiger partial charge in [-0.3, -0.25) is 23.0 Å². The molecular weight excluding hydrogens is 1180 g/mol.